The normalized spacial score (nSPS) is 34.2. The largest absolute Gasteiger partial charge is 0.453 e. The number of carbonyl (C=O) groups excluding carboxylic acids is 2. The number of nitrogens with zero attached hydrogens (tertiary/aromatic N) is 1. The Morgan fingerprint density at radius 3 is 2.44 bits per heavy atom. The van der Waals surface area contributed by atoms with Gasteiger partial charge in [0, 0.05) is 28.8 Å². The minimum absolute atomic E-state index is 0.0518. The third-order valence-electron chi connectivity index (χ3n) is 7.82. The van der Waals surface area contributed by atoms with Gasteiger partial charge in [-0.1, -0.05) is 15.9 Å². The van der Waals surface area contributed by atoms with E-state index in [0.29, 0.717) is 12.1 Å². The van der Waals surface area contributed by atoms with E-state index in [1.54, 1.807) is 6.92 Å². The van der Waals surface area contributed by atoms with E-state index in [4.69, 9.17) is 9.47 Å². The third-order valence-corrected chi connectivity index (χ3v) is 8.75. The monoisotopic (exact) mass is 504 g/mol. The second-order valence-corrected chi connectivity index (χ2v) is 12.2. The highest BCUT2D eigenvalue weighted by atomic mass is 79.9. The van der Waals surface area contributed by atoms with Gasteiger partial charge in [-0.2, -0.15) is 0 Å². The van der Waals surface area contributed by atoms with Gasteiger partial charge in [-0.3, -0.25) is 9.59 Å². The van der Waals surface area contributed by atoms with Crippen molar-refractivity contribution in [1.82, 2.24) is 0 Å². The van der Waals surface area contributed by atoms with Gasteiger partial charge in [0.1, 0.15) is 0 Å². The van der Waals surface area contributed by atoms with Crippen molar-refractivity contribution in [1.29, 1.82) is 0 Å². The zero-order valence-electron chi connectivity index (χ0n) is 18.8. The van der Waals surface area contributed by atoms with Gasteiger partial charge >= 0.3 is 5.97 Å². The van der Waals surface area contributed by atoms with Crippen LogP contribution in [0.5, 0.6) is 0 Å². The van der Waals surface area contributed by atoms with Crippen LogP contribution >= 0.6 is 15.9 Å². The van der Waals surface area contributed by atoms with Gasteiger partial charge in [-0.15, -0.1) is 0 Å². The quantitative estimate of drug-likeness (QED) is 0.455. The van der Waals surface area contributed by atoms with Crippen LogP contribution in [0.25, 0.3) is 0 Å². The second kappa shape index (κ2) is 8.64. The van der Waals surface area contributed by atoms with E-state index in [9.17, 15) is 9.59 Å². The molecule has 5 aliphatic rings. The van der Waals surface area contributed by atoms with Crippen molar-refractivity contribution in [3.05, 3.63) is 24.3 Å². The molecule has 1 aromatic carbocycles. The molecule has 5 fully saturated rings. The molecule has 6 rings (SSSR count). The van der Waals surface area contributed by atoms with Crippen LogP contribution < -0.4 is 10.2 Å². The molecule has 4 bridgehead atoms. The van der Waals surface area contributed by atoms with E-state index in [1.165, 1.54) is 19.3 Å². The third kappa shape index (κ3) is 4.69. The van der Waals surface area contributed by atoms with Gasteiger partial charge in [0.2, 0.25) is 0 Å². The predicted octanol–water partition coefficient (Wildman–Crippen LogP) is 4.52. The second-order valence-electron chi connectivity index (χ2n) is 10.6. The fraction of sp³-hybridized carbons (Fsp3) is 0.680. The molecule has 1 heterocycles. The molecule has 5 atom stereocenters. The smallest absolute Gasteiger partial charge is 0.307 e. The van der Waals surface area contributed by atoms with Crippen LogP contribution in [0.4, 0.5) is 11.4 Å². The molecular weight excluding hydrogens is 472 g/mol. The number of hydrogen-bond acceptors (Lipinski definition) is 5. The lowest BCUT2D eigenvalue weighted by Gasteiger charge is -2.60. The Morgan fingerprint density at radius 2 is 1.81 bits per heavy atom. The first-order chi connectivity index (χ1) is 15.3. The molecule has 4 aliphatic carbocycles. The van der Waals surface area contributed by atoms with Crippen LogP contribution in [-0.2, 0) is 19.1 Å². The summed E-state index contributed by atoms with van der Waals surface area (Å²) in [5.74, 6) is 0.919. The van der Waals surface area contributed by atoms with Crippen LogP contribution in [-0.4, -0.2) is 48.6 Å². The van der Waals surface area contributed by atoms with Gasteiger partial charge < -0.3 is 19.7 Å². The molecule has 7 heteroatoms. The van der Waals surface area contributed by atoms with Gasteiger partial charge in [0.05, 0.1) is 19.6 Å². The standard InChI is InChI=1S/C25H33BrN2O4/c1-17(23(30)27-20-2-4-21(5-3-20)28-6-8-31-9-7-28)32-22(29)15-24-11-18-10-19(12-24)14-25(26,13-18)16-24/h2-5,17-19H,6-16H2,1H3,(H,27,30)/t17-,18-,19+,24?,25?/m1/s1. The molecule has 0 radical (unpaired) electrons. The summed E-state index contributed by atoms with van der Waals surface area (Å²) in [4.78, 5) is 27.7. The molecule has 0 spiro atoms. The van der Waals surface area contributed by atoms with Crippen LogP contribution in [0.3, 0.4) is 0 Å². The molecule has 32 heavy (non-hydrogen) atoms. The molecule has 2 unspecified atom stereocenters. The number of amides is 1. The molecule has 1 aliphatic heterocycles. The highest BCUT2D eigenvalue weighted by molar-refractivity contribution is 9.10. The highest BCUT2D eigenvalue weighted by Crippen LogP contribution is 2.65. The minimum Gasteiger partial charge on any atom is -0.453 e. The zero-order valence-corrected chi connectivity index (χ0v) is 20.4. The van der Waals surface area contributed by atoms with E-state index < -0.39 is 6.10 Å². The first kappa shape index (κ1) is 22.2. The summed E-state index contributed by atoms with van der Waals surface area (Å²) in [7, 11) is 0. The Morgan fingerprint density at radius 1 is 1.16 bits per heavy atom. The van der Waals surface area contributed by atoms with E-state index in [2.05, 4.69) is 26.1 Å². The van der Waals surface area contributed by atoms with Gasteiger partial charge in [-0.05, 0) is 87.0 Å². The Bertz CT molecular complexity index is 853. The zero-order chi connectivity index (χ0) is 22.3. The maximum absolute atomic E-state index is 12.8. The molecule has 1 saturated heterocycles. The van der Waals surface area contributed by atoms with Crippen LogP contribution in [0.2, 0.25) is 0 Å². The maximum atomic E-state index is 12.8. The fourth-order valence-corrected chi connectivity index (χ4v) is 8.47. The minimum atomic E-state index is -0.812. The van der Waals surface area contributed by atoms with E-state index in [1.807, 2.05) is 24.3 Å². The van der Waals surface area contributed by atoms with Crippen molar-refractivity contribution in [3.8, 4) is 0 Å². The van der Waals surface area contributed by atoms with Crippen LogP contribution in [0.15, 0.2) is 24.3 Å². The molecule has 1 amide bonds. The number of halogens is 1. The Hall–Kier alpha value is -1.60. The average Bonchev–Trinajstić information content (AvgIpc) is 2.72. The summed E-state index contributed by atoms with van der Waals surface area (Å²) >= 11 is 4.00. The molecular formula is C25H33BrN2O4. The molecule has 4 saturated carbocycles. The number of morpholine rings is 1. The number of nitrogens with one attached hydrogen (secondary N) is 1. The molecule has 0 aromatic heterocycles. The fourth-order valence-electron chi connectivity index (χ4n) is 6.96. The lowest BCUT2D eigenvalue weighted by Crippen LogP contribution is -2.53. The highest BCUT2D eigenvalue weighted by Gasteiger charge is 2.57. The van der Waals surface area contributed by atoms with Gasteiger partial charge in [0.25, 0.3) is 5.91 Å². The van der Waals surface area contributed by atoms with Gasteiger partial charge in [0.15, 0.2) is 6.10 Å². The topological polar surface area (TPSA) is 67.9 Å². The lowest BCUT2D eigenvalue weighted by atomic mass is 9.49. The summed E-state index contributed by atoms with van der Waals surface area (Å²) in [5, 5.41) is 2.88. The van der Waals surface area contributed by atoms with Crippen molar-refractivity contribution in [2.24, 2.45) is 17.3 Å². The number of hydrogen-bond donors (Lipinski definition) is 1. The number of benzene rings is 1. The number of carbonyl (C=O) groups is 2. The van der Waals surface area contributed by atoms with E-state index in [0.717, 1.165) is 63.1 Å². The van der Waals surface area contributed by atoms with Crippen molar-refractivity contribution in [3.63, 3.8) is 0 Å². The Kier molecular flexibility index (Phi) is 5.99. The van der Waals surface area contributed by atoms with Crippen molar-refractivity contribution in [2.75, 3.05) is 36.5 Å². The first-order valence-corrected chi connectivity index (χ1v) is 12.7. The number of ether oxygens (including phenoxy) is 2. The molecule has 174 valence electrons. The van der Waals surface area contributed by atoms with E-state index >= 15 is 0 Å². The lowest BCUT2D eigenvalue weighted by molar-refractivity contribution is -0.159. The summed E-state index contributed by atoms with van der Waals surface area (Å²) in [6, 6.07) is 7.78. The van der Waals surface area contributed by atoms with Crippen LogP contribution in [0, 0.1) is 17.3 Å². The summed E-state index contributed by atoms with van der Waals surface area (Å²) in [6.45, 7) is 4.87. The summed E-state index contributed by atoms with van der Waals surface area (Å²) in [5.41, 5.74) is 1.87. The van der Waals surface area contributed by atoms with Crippen molar-refractivity contribution in [2.45, 2.75) is 62.3 Å². The number of anilines is 2. The molecule has 1 aromatic rings. The predicted molar refractivity (Wildman–Crippen MR) is 127 cm³/mol. The van der Waals surface area contributed by atoms with Crippen molar-refractivity contribution >= 4 is 39.2 Å². The molecule has 1 N–H and O–H groups in total. The summed E-state index contributed by atoms with van der Waals surface area (Å²) < 4.78 is 11.2. The first-order valence-electron chi connectivity index (χ1n) is 11.9. The Balaban J connectivity index is 1.13. The Labute approximate surface area is 198 Å². The number of esters is 1. The average molecular weight is 505 g/mol. The summed E-state index contributed by atoms with van der Waals surface area (Å²) in [6.07, 6.45) is 6.72. The molecule has 6 nitrogen and oxygen atoms in total. The van der Waals surface area contributed by atoms with Crippen molar-refractivity contribution < 1.29 is 19.1 Å². The SMILES string of the molecule is C[C@@H](OC(=O)CC12C[C@@H]3C[C@@H](CC(Br)(C3)C1)C2)C(=O)Nc1ccc(N2CCOCC2)cc1. The maximum Gasteiger partial charge on any atom is 0.307 e. The van der Waals surface area contributed by atoms with Crippen LogP contribution in [0.1, 0.15) is 51.9 Å². The van der Waals surface area contributed by atoms with Gasteiger partial charge in [-0.25, -0.2) is 0 Å². The number of rotatable bonds is 6. The van der Waals surface area contributed by atoms with E-state index in [-0.39, 0.29) is 21.6 Å². The number of alkyl halides is 1.